The van der Waals surface area contributed by atoms with E-state index in [0.29, 0.717) is 5.75 Å². The molecule has 0 radical (unpaired) electrons. The molecule has 23 heavy (non-hydrogen) atoms. The van der Waals surface area contributed by atoms with Gasteiger partial charge >= 0.3 is 0 Å². The second-order valence-electron chi connectivity index (χ2n) is 5.27. The first-order valence-electron chi connectivity index (χ1n) is 7.16. The predicted octanol–water partition coefficient (Wildman–Crippen LogP) is 3.62. The van der Waals surface area contributed by atoms with Crippen LogP contribution in [0, 0.1) is 24.0 Å². The van der Waals surface area contributed by atoms with Crippen LogP contribution in [0.5, 0.6) is 5.75 Å². The van der Waals surface area contributed by atoms with Crippen molar-refractivity contribution in [1.29, 1.82) is 0 Å². The second-order valence-corrected chi connectivity index (χ2v) is 5.27. The fourth-order valence-corrected chi connectivity index (χ4v) is 2.02. The first-order chi connectivity index (χ1) is 10.9. The molecule has 0 heterocycles. The monoisotopic (exact) mass is 314 g/mol. The summed E-state index contributed by atoms with van der Waals surface area (Å²) in [5.41, 5.74) is 2.19. The van der Waals surface area contributed by atoms with Crippen LogP contribution in [0.25, 0.3) is 0 Å². The Bertz CT molecular complexity index is 743. The predicted molar refractivity (Wildman–Crippen MR) is 87.7 cm³/mol. The molecule has 0 aliphatic carbocycles. The summed E-state index contributed by atoms with van der Waals surface area (Å²) < 4.78 is 5.60. The number of nitrogens with zero attached hydrogens (tertiary/aromatic N) is 1. The number of carbonyl (C=O) groups excluding carboxylic acids is 1. The fraction of sp³-hybridized carbons (Fsp3) is 0.235. The van der Waals surface area contributed by atoms with Gasteiger partial charge in [-0.1, -0.05) is 18.2 Å². The van der Waals surface area contributed by atoms with Crippen LogP contribution in [0.4, 0.5) is 11.4 Å². The summed E-state index contributed by atoms with van der Waals surface area (Å²) in [6.45, 7) is 5.54. The Morgan fingerprint density at radius 1 is 1.17 bits per heavy atom. The van der Waals surface area contributed by atoms with E-state index in [1.807, 2.05) is 26.0 Å². The number of nitrogens with one attached hydrogen (secondary N) is 1. The number of amides is 1. The summed E-state index contributed by atoms with van der Waals surface area (Å²) in [5.74, 6) is 0.135. The Balaban J connectivity index is 2.08. The van der Waals surface area contributed by atoms with Gasteiger partial charge in [0.1, 0.15) is 11.4 Å². The molecule has 2 aromatic carbocycles. The molecule has 2 rings (SSSR count). The minimum absolute atomic E-state index is 0.151. The average Bonchev–Trinajstić information content (AvgIpc) is 2.51. The van der Waals surface area contributed by atoms with Gasteiger partial charge in [-0.05, 0) is 50.1 Å². The number of anilines is 1. The van der Waals surface area contributed by atoms with Gasteiger partial charge in [0, 0.05) is 6.07 Å². The molecule has 1 amide bonds. The van der Waals surface area contributed by atoms with E-state index >= 15 is 0 Å². The molecule has 2 aromatic rings. The van der Waals surface area contributed by atoms with E-state index in [1.165, 1.54) is 12.1 Å². The average molecular weight is 314 g/mol. The highest BCUT2D eigenvalue weighted by Gasteiger charge is 2.19. The Labute approximate surface area is 134 Å². The summed E-state index contributed by atoms with van der Waals surface area (Å²) in [4.78, 5) is 22.6. The van der Waals surface area contributed by atoms with Crippen molar-refractivity contribution in [1.82, 2.24) is 0 Å². The SMILES string of the molecule is Cc1ccc(OC(C)C(=O)Nc2ccccc2[N+](=O)[O-])cc1C. The summed E-state index contributed by atoms with van der Waals surface area (Å²) in [7, 11) is 0. The summed E-state index contributed by atoms with van der Waals surface area (Å²) in [5, 5.41) is 13.5. The van der Waals surface area contributed by atoms with Gasteiger partial charge in [-0.25, -0.2) is 0 Å². The van der Waals surface area contributed by atoms with Crippen molar-refractivity contribution in [2.75, 3.05) is 5.32 Å². The van der Waals surface area contributed by atoms with Crippen LogP contribution >= 0.6 is 0 Å². The van der Waals surface area contributed by atoms with E-state index < -0.39 is 16.9 Å². The number of nitro groups is 1. The minimum atomic E-state index is -0.781. The number of hydrogen-bond acceptors (Lipinski definition) is 4. The van der Waals surface area contributed by atoms with Crippen molar-refractivity contribution in [3.05, 3.63) is 63.7 Å². The van der Waals surface area contributed by atoms with Gasteiger partial charge in [0.05, 0.1) is 4.92 Å². The quantitative estimate of drug-likeness (QED) is 0.675. The fourth-order valence-electron chi connectivity index (χ4n) is 2.02. The van der Waals surface area contributed by atoms with Crippen LogP contribution in [0.1, 0.15) is 18.1 Å². The third-order valence-corrected chi connectivity index (χ3v) is 3.52. The molecule has 120 valence electrons. The van der Waals surface area contributed by atoms with E-state index in [0.717, 1.165) is 11.1 Å². The number of hydrogen-bond donors (Lipinski definition) is 1. The number of nitro benzene ring substituents is 1. The summed E-state index contributed by atoms with van der Waals surface area (Å²) >= 11 is 0. The third-order valence-electron chi connectivity index (χ3n) is 3.52. The lowest BCUT2D eigenvalue weighted by atomic mass is 10.1. The molecule has 0 spiro atoms. The molecule has 1 N–H and O–H groups in total. The molecule has 0 fully saturated rings. The van der Waals surface area contributed by atoms with Crippen molar-refractivity contribution in [2.24, 2.45) is 0 Å². The van der Waals surface area contributed by atoms with Gasteiger partial charge in [0.25, 0.3) is 11.6 Å². The summed E-state index contributed by atoms with van der Waals surface area (Å²) in [6.07, 6.45) is -0.781. The highest BCUT2D eigenvalue weighted by atomic mass is 16.6. The third kappa shape index (κ3) is 4.06. The second kappa shape index (κ2) is 6.91. The van der Waals surface area contributed by atoms with E-state index in [1.54, 1.807) is 25.1 Å². The Morgan fingerprint density at radius 2 is 1.87 bits per heavy atom. The molecule has 6 nitrogen and oxygen atoms in total. The van der Waals surface area contributed by atoms with E-state index in [2.05, 4.69) is 5.32 Å². The van der Waals surface area contributed by atoms with Gasteiger partial charge in [-0.2, -0.15) is 0 Å². The van der Waals surface area contributed by atoms with Crippen LogP contribution in [0.2, 0.25) is 0 Å². The first-order valence-corrected chi connectivity index (χ1v) is 7.16. The molecule has 0 aliphatic heterocycles. The van der Waals surface area contributed by atoms with Crippen molar-refractivity contribution < 1.29 is 14.5 Å². The van der Waals surface area contributed by atoms with Gasteiger partial charge in [-0.15, -0.1) is 0 Å². The van der Waals surface area contributed by atoms with E-state index in [4.69, 9.17) is 4.74 Å². The van der Waals surface area contributed by atoms with Crippen LogP contribution in [-0.2, 0) is 4.79 Å². The van der Waals surface area contributed by atoms with Gasteiger partial charge in [-0.3, -0.25) is 14.9 Å². The van der Waals surface area contributed by atoms with Crippen LogP contribution in [-0.4, -0.2) is 16.9 Å². The molecule has 0 saturated heterocycles. The topological polar surface area (TPSA) is 81.5 Å². The Hall–Kier alpha value is -2.89. The molecular formula is C17H18N2O4. The summed E-state index contributed by atoms with van der Waals surface area (Å²) in [6, 6.07) is 11.5. The molecule has 6 heteroatoms. The standard InChI is InChI=1S/C17H18N2O4/c1-11-8-9-14(10-12(11)2)23-13(3)17(20)18-15-6-4-5-7-16(15)19(21)22/h4-10,13H,1-3H3,(H,18,20). The van der Waals surface area contributed by atoms with Crippen LogP contribution < -0.4 is 10.1 Å². The van der Waals surface area contributed by atoms with Gasteiger partial charge in [0.15, 0.2) is 6.10 Å². The lowest BCUT2D eigenvalue weighted by Gasteiger charge is -2.15. The molecule has 0 aromatic heterocycles. The van der Waals surface area contributed by atoms with Crippen molar-refractivity contribution in [3.8, 4) is 5.75 Å². The molecular weight excluding hydrogens is 296 g/mol. The van der Waals surface area contributed by atoms with Crippen LogP contribution in [0.3, 0.4) is 0 Å². The number of rotatable bonds is 5. The molecule has 1 unspecified atom stereocenters. The van der Waals surface area contributed by atoms with Crippen molar-refractivity contribution >= 4 is 17.3 Å². The maximum Gasteiger partial charge on any atom is 0.292 e. The first kappa shape index (κ1) is 16.5. The van der Waals surface area contributed by atoms with Crippen molar-refractivity contribution in [2.45, 2.75) is 26.9 Å². The normalized spacial score (nSPS) is 11.6. The van der Waals surface area contributed by atoms with Crippen molar-refractivity contribution in [3.63, 3.8) is 0 Å². The van der Waals surface area contributed by atoms with E-state index in [-0.39, 0.29) is 11.4 Å². The number of carbonyl (C=O) groups is 1. The highest BCUT2D eigenvalue weighted by Crippen LogP contribution is 2.24. The number of benzene rings is 2. The smallest absolute Gasteiger partial charge is 0.292 e. The number of ether oxygens (including phenoxy) is 1. The largest absolute Gasteiger partial charge is 0.481 e. The van der Waals surface area contributed by atoms with E-state index in [9.17, 15) is 14.9 Å². The van der Waals surface area contributed by atoms with Crippen LogP contribution in [0.15, 0.2) is 42.5 Å². The zero-order valence-electron chi connectivity index (χ0n) is 13.2. The van der Waals surface area contributed by atoms with Gasteiger partial charge in [0.2, 0.25) is 0 Å². The molecule has 0 saturated carbocycles. The zero-order chi connectivity index (χ0) is 17.0. The number of aryl methyl sites for hydroxylation is 2. The Kier molecular flexibility index (Phi) is 4.95. The highest BCUT2D eigenvalue weighted by molar-refractivity contribution is 5.96. The maximum atomic E-state index is 12.2. The zero-order valence-corrected chi connectivity index (χ0v) is 13.2. The number of para-hydroxylation sites is 2. The lowest BCUT2D eigenvalue weighted by molar-refractivity contribution is -0.383. The molecule has 1 atom stereocenters. The molecule has 0 bridgehead atoms. The maximum absolute atomic E-state index is 12.2. The lowest BCUT2D eigenvalue weighted by Crippen LogP contribution is -2.30. The minimum Gasteiger partial charge on any atom is -0.481 e. The Morgan fingerprint density at radius 3 is 2.52 bits per heavy atom. The van der Waals surface area contributed by atoms with Gasteiger partial charge < -0.3 is 10.1 Å². The molecule has 0 aliphatic rings.